The molecule has 0 saturated heterocycles. The number of hydrogen-bond acceptors (Lipinski definition) is 8. The zero-order chi connectivity index (χ0) is 31.3. The summed E-state index contributed by atoms with van der Waals surface area (Å²) < 4.78 is 70.4. The molecule has 10 heteroatoms. The summed E-state index contributed by atoms with van der Waals surface area (Å²) in [6.45, 7) is 3.78. The lowest BCUT2D eigenvalue weighted by Crippen LogP contribution is -2.10. The summed E-state index contributed by atoms with van der Waals surface area (Å²) in [6.07, 6.45) is -0.177. The summed E-state index contributed by atoms with van der Waals surface area (Å²) in [7, 11) is -7.68. The van der Waals surface area contributed by atoms with Gasteiger partial charge in [-0.2, -0.15) is 0 Å². The summed E-state index contributed by atoms with van der Waals surface area (Å²) in [4.78, 5) is 0.279. The molecule has 0 fully saturated rings. The molecule has 44 heavy (non-hydrogen) atoms. The van der Waals surface area contributed by atoms with E-state index in [1.807, 2.05) is 13.8 Å². The molecule has 0 spiro atoms. The van der Waals surface area contributed by atoms with Crippen LogP contribution < -0.4 is 14.2 Å². The van der Waals surface area contributed by atoms with Gasteiger partial charge >= 0.3 is 0 Å². The molecule has 5 aromatic rings. The van der Waals surface area contributed by atoms with E-state index in [1.165, 1.54) is 48.5 Å². The fraction of sp³-hybridized carbons (Fsp3) is 0.118. The number of phenols is 1. The Balaban J connectivity index is 1.25. The van der Waals surface area contributed by atoms with E-state index < -0.39 is 19.7 Å². The highest BCUT2D eigenvalue weighted by molar-refractivity contribution is 7.92. The maximum absolute atomic E-state index is 13.3. The molecular formula is C34H30O8S2. The van der Waals surface area contributed by atoms with Gasteiger partial charge in [-0.1, -0.05) is 36.4 Å². The van der Waals surface area contributed by atoms with Crippen molar-refractivity contribution in [3.63, 3.8) is 0 Å². The molecule has 5 aromatic carbocycles. The first-order valence-electron chi connectivity index (χ1n) is 13.7. The predicted molar refractivity (Wildman–Crippen MR) is 165 cm³/mol. The van der Waals surface area contributed by atoms with Gasteiger partial charge in [-0.3, -0.25) is 0 Å². The van der Waals surface area contributed by atoms with E-state index in [4.69, 9.17) is 14.2 Å². The number of aromatic hydroxyl groups is 1. The van der Waals surface area contributed by atoms with E-state index in [1.54, 1.807) is 72.8 Å². The molecule has 0 aromatic heterocycles. The Morgan fingerprint density at radius 3 is 1.59 bits per heavy atom. The molecule has 5 rings (SSSR count). The molecule has 0 aliphatic heterocycles. The van der Waals surface area contributed by atoms with Crippen LogP contribution in [0.1, 0.15) is 19.4 Å². The molecule has 8 nitrogen and oxygen atoms in total. The minimum absolute atomic E-state index is 0.0204. The fourth-order valence-electron chi connectivity index (χ4n) is 4.33. The van der Waals surface area contributed by atoms with Gasteiger partial charge in [-0.05, 0) is 104 Å². The van der Waals surface area contributed by atoms with Crippen molar-refractivity contribution in [2.75, 3.05) is 0 Å². The third kappa shape index (κ3) is 6.88. The molecule has 0 radical (unpaired) electrons. The maximum Gasteiger partial charge on any atom is 0.210 e. The van der Waals surface area contributed by atoms with Crippen molar-refractivity contribution < 1.29 is 36.2 Å². The number of sulfone groups is 2. The van der Waals surface area contributed by atoms with Crippen LogP contribution in [0.5, 0.6) is 28.7 Å². The molecule has 0 aliphatic carbocycles. The Kier molecular flexibility index (Phi) is 8.93. The zero-order valence-electron chi connectivity index (χ0n) is 24.0. The van der Waals surface area contributed by atoms with E-state index in [-0.39, 0.29) is 43.8 Å². The Labute approximate surface area is 257 Å². The number of benzene rings is 5. The first kappa shape index (κ1) is 30.7. The second kappa shape index (κ2) is 12.8. The van der Waals surface area contributed by atoms with Crippen LogP contribution in [0.2, 0.25) is 0 Å². The van der Waals surface area contributed by atoms with Crippen LogP contribution in [-0.4, -0.2) is 28.0 Å². The fourth-order valence-corrected chi connectivity index (χ4v) is 7.12. The molecule has 0 saturated carbocycles. The van der Waals surface area contributed by atoms with Gasteiger partial charge < -0.3 is 19.3 Å². The molecule has 0 aliphatic rings. The standard InChI is InChI=1S/C34H30O8S2/c1-24(2)41-32-8-4-6-10-34(32)44(38,39)30-21-17-28(18-22-30)42-27-15-11-25(12-16-27)23-40-31-7-3-5-9-33(31)43(36,37)29-19-13-26(35)14-20-29/h3-22,24,35H,23H2,1-2H3. The van der Waals surface area contributed by atoms with Gasteiger partial charge in [0.25, 0.3) is 0 Å². The minimum Gasteiger partial charge on any atom is -0.508 e. The van der Waals surface area contributed by atoms with Gasteiger partial charge in [-0.25, -0.2) is 16.8 Å². The average molecular weight is 631 g/mol. The van der Waals surface area contributed by atoms with Gasteiger partial charge in [0.1, 0.15) is 45.1 Å². The monoisotopic (exact) mass is 630 g/mol. The highest BCUT2D eigenvalue weighted by Gasteiger charge is 2.23. The molecule has 0 heterocycles. The van der Waals surface area contributed by atoms with Crippen LogP contribution in [0.3, 0.4) is 0 Å². The number of para-hydroxylation sites is 2. The second-order valence-corrected chi connectivity index (χ2v) is 13.9. The normalized spacial score (nSPS) is 11.7. The van der Waals surface area contributed by atoms with Crippen molar-refractivity contribution in [3.8, 4) is 28.7 Å². The van der Waals surface area contributed by atoms with Crippen molar-refractivity contribution in [3.05, 3.63) is 127 Å². The Bertz CT molecular complexity index is 1950. The van der Waals surface area contributed by atoms with Crippen LogP contribution in [-0.2, 0) is 26.3 Å². The summed E-state index contributed by atoms with van der Waals surface area (Å²) in [5.41, 5.74) is 0.776. The Morgan fingerprint density at radius 1 is 0.591 bits per heavy atom. The summed E-state index contributed by atoms with van der Waals surface area (Å²) >= 11 is 0. The third-order valence-electron chi connectivity index (χ3n) is 6.47. The van der Waals surface area contributed by atoms with E-state index in [9.17, 15) is 21.9 Å². The SMILES string of the molecule is CC(C)Oc1ccccc1S(=O)(=O)c1ccc(Oc2ccc(COc3ccccc3S(=O)(=O)c3ccc(O)cc3)cc2)cc1. The van der Waals surface area contributed by atoms with Crippen LogP contribution >= 0.6 is 0 Å². The number of phenolic OH excluding ortho intramolecular Hbond substituents is 1. The first-order valence-corrected chi connectivity index (χ1v) is 16.6. The minimum atomic E-state index is -3.87. The first-order chi connectivity index (χ1) is 21.0. The van der Waals surface area contributed by atoms with Crippen molar-refractivity contribution >= 4 is 19.7 Å². The van der Waals surface area contributed by atoms with Crippen LogP contribution in [0.4, 0.5) is 0 Å². The summed E-state index contributed by atoms with van der Waals surface area (Å²) in [5.74, 6) is 1.45. The van der Waals surface area contributed by atoms with Gasteiger partial charge in [0, 0.05) is 0 Å². The molecule has 226 valence electrons. The highest BCUT2D eigenvalue weighted by atomic mass is 32.2. The van der Waals surface area contributed by atoms with E-state index in [2.05, 4.69) is 0 Å². The molecule has 0 amide bonds. The molecule has 0 atom stereocenters. The number of hydrogen-bond donors (Lipinski definition) is 1. The van der Waals surface area contributed by atoms with Crippen LogP contribution in [0.15, 0.2) is 141 Å². The van der Waals surface area contributed by atoms with Crippen molar-refractivity contribution in [1.29, 1.82) is 0 Å². The van der Waals surface area contributed by atoms with Gasteiger partial charge in [-0.15, -0.1) is 0 Å². The lowest BCUT2D eigenvalue weighted by Gasteiger charge is -2.14. The topological polar surface area (TPSA) is 116 Å². The van der Waals surface area contributed by atoms with Gasteiger partial charge in [0.05, 0.1) is 15.9 Å². The van der Waals surface area contributed by atoms with Crippen LogP contribution in [0.25, 0.3) is 0 Å². The van der Waals surface area contributed by atoms with Gasteiger partial charge in [0.2, 0.25) is 19.7 Å². The lowest BCUT2D eigenvalue weighted by molar-refractivity contribution is 0.236. The lowest BCUT2D eigenvalue weighted by atomic mass is 10.2. The maximum atomic E-state index is 13.3. The highest BCUT2D eigenvalue weighted by Crippen LogP contribution is 2.33. The molecule has 0 unspecified atom stereocenters. The smallest absolute Gasteiger partial charge is 0.210 e. The average Bonchev–Trinajstić information content (AvgIpc) is 3.01. The third-order valence-corrected chi connectivity index (χ3v) is 10.1. The molecule has 1 N–H and O–H groups in total. The predicted octanol–water partition coefficient (Wildman–Crippen LogP) is 7.22. The largest absolute Gasteiger partial charge is 0.508 e. The van der Waals surface area contributed by atoms with E-state index in [0.29, 0.717) is 17.2 Å². The Hall–Kier alpha value is -4.80. The number of rotatable bonds is 11. The van der Waals surface area contributed by atoms with Crippen molar-refractivity contribution in [2.45, 2.75) is 46.1 Å². The van der Waals surface area contributed by atoms with Crippen molar-refractivity contribution in [2.24, 2.45) is 0 Å². The van der Waals surface area contributed by atoms with Crippen molar-refractivity contribution in [1.82, 2.24) is 0 Å². The zero-order valence-corrected chi connectivity index (χ0v) is 25.6. The quantitative estimate of drug-likeness (QED) is 0.163. The van der Waals surface area contributed by atoms with E-state index in [0.717, 1.165) is 5.56 Å². The number of ether oxygens (including phenoxy) is 3. The molecular weight excluding hydrogens is 601 g/mol. The second-order valence-electron chi connectivity index (χ2n) is 10.1. The molecule has 0 bridgehead atoms. The summed E-state index contributed by atoms with van der Waals surface area (Å²) in [6, 6.07) is 31.4. The van der Waals surface area contributed by atoms with E-state index >= 15 is 0 Å². The summed E-state index contributed by atoms with van der Waals surface area (Å²) in [5, 5.41) is 9.52. The van der Waals surface area contributed by atoms with Gasteiger partial charge in [0.15, 0.2) is 0 Å². The Morgan fingerprint density at radius 2 is 1.05 bits per heavy atom. The van der Waals surface area contributed by atoms with Crippen LogP contribution in [0, 0.1) is 0 Å².